The van der Waals surface area contributed by atoms with E-state index in [0.717, 1.165) is 0 Å². The van der Waals surface area contributed by atoms with Gasteiger partial charge in [0.15, 0.2) is 0 Å². The van der Waals surface area contributed by atoms with E-state index in [1.165, 1.54) is 6.07 Å². The third-order valence-electron chi connectivity index (χ3n) is 2.18. The zero-order valence-electron chi connectivity index (χ0n) is 10.5. The van der Waals surface area contributed by atoms with E-state index in [2.05, 4.69) is 10.1 Å². The van der Waals surface area contributed by atoms with Gasteiger partial charge in [0.05, 0.1) is 18.4 Å². The van der Waals surface area contributed by atoms with Crippen LogP contribution in [0.3, 0.4) is 0 Å². The second-order valence-corrected chi connectivity index (χ2v) is 5.69. The van der Waals surface area contributed by atoms with Crippen molar-refractivity contribution in [2.75, 3.05) is 18.6 Å². The number of hydrazine groups is 1. The Bertz CT molecular complexity index is 474. The van der Waals surface area contributed by atoms with Gasteiger partial charge in [-0.25, -0.2) is 13.1 Å². The molecule has 18 heavy (non-hydrogen) atoms. The third kappa shape index (κ3) is 4.26. The minimum absolute atomic E-state index is 0.0764. The summed E-state index contributed by atoms with van der Waals surface area (Å²) in [5, 5.41) is 0. The Morgan fingerprint density at radius 2 is 2.00 bits per heavy atom. The van der Waals surface area contributed by atoms with Gasteiger partial charge in [-0.05, 0) is 26.0 Å². The lowest BCUT2D eigenvalue weighted by molar-refractivity contribution is 0.0834. The summed E-state index contributed by atoms with van der Waals surface area (Å²) in [6.45, 7) is 4.33. The maximum Gasteiger partial charge on any atom is 0.242 e. The number of anilines is 1. The molecule has 1 aromatic carbocycles. The Morgan fingerprint density at radius 3 is 2.61 bits per heavy atom. The molecule has 0 fully saturated rings. The number of benzene rings is 1. The largest absolute Gasteiger partial charge is 0.377 e. The third-order valence-corrected chi connectivity index (χ3v) is 3.70. The molecule has 0 radical (unpaired) electrons. The molecule has 0 aliphatic heterocycles. The minimum Gasteiger partial charge on any atom is -0.377 e. The van der Waals surface area contributed by atoms with Gasteiger partial charge < -0.3 is 10.2 Å². The number of hydrogen-bond donors (Lipinski definition) is 3. The highest BCUT2D eigenvalue weighted by Crippen LogP contribution is 2.18. The molecule has 0 aliphatic carbocycles. The van der Waals surface area contributed by atoms with Crippen LogP contribution in [0.4, 0.5) is 5.69 Å². The van der Waals surface area contributed by atoms with Gasteiger partial charge in [0.1, 0.15) is 4.90 Å². The van der Waals surface area contributed by atoms with Gasteiger partial charge in [0.25, 0.3) is 0 Å². The fraction of sp³-hybridized carbons (Fsp3) is 0.455. The molecule has 0 saturated carbocycles. The Labute approximate surface area is 108 Å². The number of para-hydroxylation sites is 1. The first-order valence-corrected chi connectivity index (χ1v) is 7.12. The standard InChI is InChI=1S/C11H19N3O3S/c1-9(2)17-8-7-13-18(15,16)11-6-4-3-5-10(11)14-12/h3-6,9,13-14H,7-8,12H2,1-2H3. The number of nitrogens with one attached hydrogen (secondary N) is 2. The molecular weight excluding hydrogens is 254 g/mol. The van der Waals surface area contributed by atoms with E-state index >= 15 is 0 Å². The minimum atomic E-state index is -3.57. The van der Waals surface area contributed by atoms with Gasteiger partial charge in [-0.15, -0.1) is 0 Å². The SMILES string of the molecule is CC(C)OCCNS(=O)(=O)c1ccccc1NN. The molecule has 0 bridgehead atoms. The first-order valence-electron chi connectivity index (χ1n) is 5.64. The van der Waals surface area contributed by atoms with Crippen LogP contribution in [-0.4, -0.2) is 27.7 Å². The van der Waals surface area contributed by atoms with Crippen molar-refractivity contribution < 1.29 is 13.2 Å². The monoisotopic (exact) mass is 273 g/mol. The second-order valence-electron chi connectivity index (χ2n) is 3.96. The van der Waals surface area contributed by atoms with E-state index in [1.54, 1.807) is 18.2 Å². The molecule has 0 saturated heterocycles. The van der Waals surface area contributed by atoms with E-state index in [9.17, 15) is 8.42 Å². The summed E-state index contributed by atoms with van der Waals surface area (Å²) in [6.07, 6.45) is 0.0764. The molecule has 4 N–H and O–H groups in total. The molecule has 0 spiro atoms. The van der Waals surface area contributed by atoms with Crippen molar-refractivity contribution in [3.05, 3.63) is 24.3 Å². The van der Waals surface area contributed by atoms with Crippen LogP contribution in [-0.2, 0) is 14.8 Å². The highest BCUT2D eigenvalue weighted by molar-refractivity contribution is 7.89. The van der Waals surface area contributed by atoms with Crippen molar-refractivity contribution in [2.45, 2.75) is 24.8 Å². The molecule has 0 unspecified atom stereocenters. The van der Waals surface area contributed by atoms with E-state index in [1.807, 2.05) is 13.8 Å². The van der Waals surface area contributed by atoms with Crippen molar-refractivity contribution in [2.24, 2.45) is 5.84 Å². The van der Waals surface area contributed by atoms with Crippen molar-refractivity contribution in [1.29, 1.82) is 0 Å². The average Bonchev–Trinajstić information content (AvgIpc) is 2.34. The first kappa shape index (κ1) is 14.9. The Kier molecular flexibility index (Phi) is 5.54. The van der Waals surface area contributed by atoms with Gasteiger partial charge in [0.2, 0.25) is 10.0 Å². The van der Waals surface area contributed by atoms with E-state index in [-0.39, 0.29) is 17.5 Å². The van der Waals surface area contributed by atoms with Gasteiger partial charge in [-0.3, -0.25) is 5.84 Å². The summed E-state index contributed by atoms with van der Waals surface area (Å²) >= 11 is 0. The smallest absolute Gasteiger partial charge is 0.242 e. The molecule has 1 aromatic rings. The Balaban J connectivity index is 2.68. The molecule has 0 atom stereocenters. The van der Waals surface area contributed by atoms with Crippen LogP contribution in [0.1, 0.15) is 13.8 Å². The lowest BCUT2D eigenvalue weighted by atomic mass is 10.3. The van der Waals surface area contributed by atoms with Crippen LogP contribution in [0.5, 0.6) is 0 Å². The number of sulfonamides is 1. The number of nitrogens with two attached hydrogens (primary N) is 1. The fourth-order valence-electron chi connectivity index (χ4n) is 1.37. The lowest BCUT2D eigenvalue weighted by Gasteiger charge is -2.11. The maximum absolute atomic E-state index is 12.0. The van der Waals surface area contributed by atoms with Crippen molar-refractivity contribution in [3.63, 3.8) is 0 Å². The van der Waals surface area contributed by atoms with Gasteiger partial charge in [-0.1, -0.05) is 12.1 Å². The van der Waals surface area contributed by atoms with Crippen LogP contribution in [0.25, 0.3) is 0 Å². The molecule has 0 aliphatic rings. The van der Waals surface area contributed by atoms with Gasteiger partial charge >= 0.3 is 0 Å². The summed E-state index contributed by atoms with van der Waals surface area (Å²) in [4.78, 5) is 0.122. The fourth-order valence-corrected chi connectivity index (χ4v) is 2.55. The highest BCUT2D eigenvalue weighted by atomic mass is 32.2. The molecular formula is C11H19N3O3S. The molecule has 102 valence electrons. The van der Waals surface area contributed by atoms with Crippen LogP contribution < -0.4 is 16.0 Å². The molecule has 0 heterocycles. The molecule has 0 amide bonds. The molecule has 1 rings (SSSR count). The normalized spacial score (nSPS) is 11.8. The predicted molar refractivity (Wildman–Crippen MR) is 70.5 cm³/mol. The zero-order chi connectivity index (χ0) is 13.6. The number of nitrogen functional groups attached to an aromatic ring is 1. The molecule has 0 aromatic heterocycles. The van der Waals surface area contributed by atoms with Gasteiger partial charge in [0, 0.05) is 6.54 Å². The molecule has 6 nitrogen and oxygen atoms in total. The molecule has 7 heteroatoms. The Morgan fingerprint density at radius 1 is 1.33 bits per heavy atom. The van der Waals surface area contributed by atoms with Crippen molar-refractivity contribution in [1.82, 2.24) is 4.72 Å². The van der Waals surface area contributed by atoms with E-state index < -0.39 is 10.0 Å². The summed E-state index contributed by atoms with van der Waals surface area (Å²) in [7, 11) is -3.57. The predicted octanol–water partition coefficient (Wildman–Crippen LogP) is 0.675. The Hall–Kier alpha value is -1.15. The number of ether oxygens (including phenoxy) is 1. The average molecular weight is 273 g/mol. The summed E-state index contributed by atoms with van der Waals surface area (Å²) in [5.74, 6) is 5.27. The van der Waals surface area contributed by atoms with Gasteiger partial charge in [-0.2, -0.15) is 0 Å². The first-order chi connectivity index (χ1) is 8.47. The topological polar surface area (TPSA) is 93.4 Å². The zero-order valence-corrected chi connectivity index (χ0v) is 11.3. The summed E-state index contributed by atoms with van der Waals surface area (Å²) in [6, 6.07) is 6.43. The quantitative estimate of drug-likeness (QED) is 0.386. The van der Waals surface area contributed by atoms with Crippen LogP contribution in [0.2, 0.25) is 0 Å². The highest BCUT2D eigenvalue weighted by Gasteiger charge is 2.16. The van der Waals surface area contributed by atoms with Crippen LogP contribution >= 0.6 is 0 Å². The number of rotatable bonds is 7. The summed E-state index contributed by atoms with van der Waals surface area (Å²) < 4.78 is 31.7. The van der Waals surface area contributed by atoms with E-state index in [0.29, 0.717) is 12.3 Å². The van der Waals surface area contributed by atoms with Crippen molar-refractivity contribution >= 4 is 15.7 Å². The van der Waals surface area contributed by atoms with Crippen LogP contribution in [0, 0.1) is 0 Å². The van der Waals surface area contributed by atoms with Crippen molar-refractivity contribution in [3.8, 4) is 0 Å². The second kappa shape index (κ2) is 6.69. The number of hydrogen-bond acceptors (Lipinski definition) is 5. The van der Waals surface area contributed by atoms with Crippen LogP contribution in [0.15, 0.2) is 29.2 Å². The van der Waals surface area contributed by atoms with E-state index in [4.69, 9.17) is 10.6 Å². The lowest BCUT2D eigenvalue weighted by Crippen LogP contribution is -2.29. The summed E-state index contributed by atoms with van der Waals surface area (Å²) in [5.41, 5.74) is 2.72. The maximum atomic E-state index is 12.0.